The van der Waals surface area contributed by atoms with Crippen LogP contribution in [0, 0.1) is 0 Å². The molecular weight excluding hydrogens is 260 g/mol. The fourth-order valence-electron chi connectivity index (χ4n) is 2.11. The summed E-state index contributed by atoms with van der Waals surface area (Å²) >= 11 is 0. The van der Waals surface area contributed by atoms with Crippen molar-refractivity contribution in [3.63, 3.8) is 0 Å². The van der Waals surface area contributed by atoms with Gasteiger partial charge < -0.3 is 9.84 Å². The third-order valence-electron chi connectivity index (χ3n) is 3.59. The molecule has 21 heavy (non-hydrogen) atoms. The largest absolute Gasteiger partial charge is 0.489 e. The summed E-state index contributed by atoms with van der Waals surface area (Å²) in [6.45, 7) is 8.94. The number of rotatable bonds is 4. The summed E-state index contributed by atoms with van der Waals surface area (Å²) in [5, 5.41) is 9.47. The highest BCUT2D eigenvalue weighted by Gasteiger charge is 2.12. The normalized spacial score (nSPS) is 13.0. The van der Waals surface area contributed by atoms with Crippen LogP contribution in [0.15, 0.2) is 48.5 Å². The molecule has 0 bridgehead atoms. The lowest BCUT2D eigenvalue weighted by Crippen LogP contribution is -2.10. The van der Waals surface area contributed by atoms with Gasteiger partial charge in [0.2, 0.25) is 0 Å². The van der Waals surface area contributed by atoms with Crippen molar-refractivity contribution < 1.29 is 9.84 Å². The molecule has 2 aromatic carbocycles. The molecule has 2 rings (SSSR count). The molecule has 0 saturated carbocycles. The molecular formula is C19H24O2. The van der Waals surface area contributed by atoms with Crippen molar-refractivity contribution >= 4 is 0 Å². The Kier molecular flexibility index (Phi) is 4.69. The van der Waals surface area contributed by atoms with E-state index in [0.717, 1.165) is 16.9 Å². The molecule has 2 aromatic rings. The Morgan fingerprint density at radius 3 is 2.00 bits per heavy atom. The summed E-state index contributed by atoms with van der Waals surface area (Å²) in [7, 11) is 0. The van der Waals surface area contributed by atoms with Crippen LogP contribution in [0.3, 0.4) is 0 Å². The van der Waals surface area contributed by atoms with E-state index in [-0.39, 0.29) is 5.41 Å². The van der Waals surface area contributed by atoms with Crippen LogP contribution in [0.1, 0.15) is 50.5 Å². The predicted octanol–water partition coefficient (Wildman–Crippen LogP) is 4.62. The first-order valence-electron chi connectivity index (χ1n) is 7.36. The molecule has 0 heterocycles. The highest BCUT2D eigenvalue weighted by Crippen LogP contribution is 2.23. The van der Waals surface area contributed by atoms with E-state index in [1.165, 1.54) is 5.56 Å². The molecule has 0 aliphatic heterocycles. The fourth-order valence-corrected chi connectivity index (χ4v) is 2.11. The molecule has 2 nitrogen and oxygen atoms in total. The number of ether oxygens (including phenoxy) is 1. The van der Waals surface area contributed by atoms with Crippen molar-refractivity contribution in [3.05, 3.63) is 65.2 Å². The Morgan fingerprint density at radius 2 is 1.52 bits per heavy atom. The Morgan fingerprint density at radius 1 is 0.952 bits per heavy atom. The van der Waals surface area contributed by atoms with Gasteiger partial charge in [0.1, 0.15) is 12.4 Å². The highest BCUT2D eigenvalue weighted by molar-refractivity contribution is 5.30. The van der Waals surface area contributed by atoms with E-state index in [4.69, 9.17) is 4.74 Å². The summed E-state index contributed by atoms with van der Waals surface area (Å²) in [6, 6.07) is 16.1. The van der Waals surface area contributed by atoms with Crippen molar-refractivity contribution in [1.29, 1.82) is 0 Å². The molecule has 0 aliphatic rings. The Labute approximate surface area is 127 Å². The van der Waals surface area contributed by atoms with Crippen LogP contribution >= 0.6 is 0 Å². The minimum atomic E-state index is -0.441. The second-order valence-corrected chi connectivity index (χ2v) is 6.48. The average Bonchev–Trinajstić information content (AvgIpc) is 2.45. The molecule has 0 amide bonds. The first-order chi connectivity index (χ1) is 9.86. The van der Waals surface area contributed by atoms with Gasteiger partial charge in [0.05, 0.1) is 6.10 Å². The maximum absolute atomic E-state index is 9.47. The molecule has 2 heteroatoms. The number of aliphatic hydroxyl groups excluding tert-OH is 1. The maximum atomic E-state index is 9.47. The molecule has 0 aromatic heterocycles. The molecule has 0 fully saturated rings. The minimum absolute atomic E-state index is 0.177. The van der Waals surface area contributed by atoms with E-state index < -0.39 is 6.10 Å². The van der Waals surface area contributed by atoms with Crippen molar-refractivity contribution in [2.45, 2.75) is 45.8 Å². The molecule has 112 valence electrons. The lowest BCUT2D eigenvalue weighted by atomic mass is 9.87. The van der Waals surface area contributed by atoms with Gasteiger partial charge in [-0.2, -0.15) is 0 Å². The van der Waals surface area contributed by atoms with Crippen LogP contribution in [0.2, 0.25) is 0 Å². The SMILES string of the molecule is C[C@H](O)c1ccc(OCc2ccc(C(C)(C)C)cc2)cc1. The summed E-state index contributed by atoms with van der Waals surface area (Å²) in [6.07, 6.45) is -0.441. The molecule has 0 radical (unpaired) electrons. The number of hydrogen-bond donors (Lipinski definition) is 1. The lowest BCUT2D eigenvalue weighted by Gasteiger charge is -2.19. The fraction of sp³-hybridized carbons (Fsp3) is 0.368. The smallest absolute Gasteiger partial charge is 0.119 e. The zero-order valence-electron chi connectivity index (χ0n) is 13.3. The first kappa shape index (κ1) is 15.6. The van der Waals surface area contributed by atoms with Crippen LogP contribution in [-0.2, 0) is 12.0 Å². The zero-order valence-corrected chi connectivity index (χ0v) is 13.3. The van der Waals surface area contributed by atoms with Gasteiger partial charge in [-0.3, -0.25) is 0 Å². The molecule has 0 unspecified atom stereocenters. The molecule has 0 saturated heterocycles. The number of hydrogen-bond acceptors (Lipinski definition) is 2. The second kappa shape index (κ2) is 6.31. The quantitative estimate of drug-likeness (QED) is 0.888. The van der Waals surface area contributed by atoms with Gasteiger partial charge in [-0.1, -0.05) is 57.2 Å². The van der Waals surface area contributed by atoms with Crippen LogP contribution in [0.25, 0.3) is 0 Å². The number of benzene rings is 2. The third-order valence-corrected chi connectivity index (χ3v) is 3.59. The number of aliphatic hydroxyl groups is 1. The van der Waals surface area contributed by atoms with Gasteiger partial charge in [-0.05, 0) is 41.2 Å². The van der Waals surface area contributed by atoms with E-state index in [2.05, 4.69) is 45.0 Å². The van der Waals surface area contributed by atoms with Crippen LogP contribution < -0.4 is 4.74 Å². The van der Waals surface area contributed by atoms with Gasteiger partial charge in [0.25, 0.3) is 0 Å². The van der Waals surface area contributed by atoms with Gasteiger partial charge in [-0.15, -0.1) is 0 Å². The van der Waals surface area contributed by atoms with E-state index in [1.807, 2.05) is 24.3 Å². The molecule has 0 spiro atoms. The Balaban J connectivity index is 1.96. The van der Waals surface area contributed by atoms with E-state index in [9.17, 15) is 5.11 Å². The van der Waals surface area contributed by atoms with Crippen molar-refractivity contribution in [2.75, 3.05) is 0 Å². The van der Waals surface area contributed by atoms with E-state index >= 15 is 0 Å². The van der Waals surface area contributed by atoms with E-state index in [0.29, 0.717) is 6.61 Å². The first-order valence-corrected chi connectivity index (χ1v) is 7.36. The standard InChI is InChI=1S/C19H24O2/c1-14(20)16-7-11-18(12-8-16)21-13-15-5-9-17(10-6-15)19(2,3)4/h5-12,14,20H,13H2,1-4H3/t14-/m0/s1. The Bertz CT molecular complexity index is 560. The zero-order chi connectivity index (χ0) is 15.5. The van der Waals surface area contributed by atoms with E-state index in [1.54, 1.807) is 6.92 Å². The lowest BCUT2D eigenvalue weighted by molar-refractivity contribution is 0.199. The van der Waals surface area contributed by atoms with Gasteiger partial charge in [0.15, 0.2) is 0 Å². The van der Waals surface area contributed by atoms with Crippen LogP contribution in [-0.4, -0.2) is 5.11 Å². The summed E-state index contributed by atoms with van der Waals surface area (Å²) in [5.41, 5.74) is 3.56. The van der Waals surface area contributed by atoms with Crippen molar-refractivity contribution in [3.8, 4) is 5.75 Å². The van der Waals surface area contributed by atoms with Crippen LogP contribution in [0.4, 0.5) is 0 Å². The third kappa shape index (κ3) is 4.33. The van der Waals surface area contributed by atoms with Crippen molar-refractivity contribution in [1.82, 2.24) is 0 Å². The van der Waals surface area contributed by atoms with Gasteiger partial charge >= 0.3 is 0 Å². The van der Waals surface area contributed by atoms with Crippen LogP contribution in [0.5, 0.6) is 5.75 Å². The Hall–Kier alpha value is -1.80. The van der Waals surface area contributed by atoms with Gasteiger partial charge in [-0.25, -0.2) is 0 Å². The topological polar surface area (TPSA) is 29.5 Å². The maximum Gasteiger partial charge on any atom is 0.119 e. The average molecular weight is 284 g/mol. The molecule has 0 aliphatic carbocycles. The summed E-state index contributed by atoms with van der Waals surface area (Å²) in [5.74, 6) is 0.819. The summed E-state index contributed by atoms with van der Waals surface area (Å²) < 4.78 is 5.77. The predicted molar refractivity (Wildman–Crippen MR) is 86.5 cm³/mol. The summed E-state index contributed by atoms with van der Waals surface area (Å²) in [4.78, 5) is 0. The second-order valence-electron chi connectivity index (χ2n) is 6.48. The monoisotopic (exact) mass is 284 g/mol. The minimum Gasteiger partial charge on any atom is -0.489 e. The molecule has 1 N–H and O–H groups in total. The van der Waals surface area contributed by atoms with Gasteiger partial charge in [0, 0.05) is 0 Å². The molecule has 1 atom stereocenters. The highest BCUT2D eigenvalue weighted by atomic mass is 16.5. The van der Waals surface area contributed by atoms with Crippen molar-refractivity contribution in [2.24, 2.45) is 0 Å².